The Kier molecular flexibility index (Phi) is 3.49. The predicted octanol–water partition coefficient (Wildman–Crippen LogP) is 2.40. The Bertz CT molecular complexity index is 660. The SMILES string of the molecule is CS(=O)(=O)c1ccccc1NC(=O)c1cccs1. The number of thiophene rings is 1. The number of nitrogens with one attached hydrogen (secondary N) is 1. The zero-order chi connectivity index (χ0) is 13.2. The molecule has 0 bridgehead atoms. The number of anilines is 1. The van der Waals surface area contributed by atoms with E-state index >= 15 is 0 Å². The van der Waals surface area contributed by atoms with Gasteiger partial charge in [-0.2, -0.15) is 0 Å². The summed E-state index contributed by atoms with van der Waals surface area (Å²) in [5.74, 6) is -0.305. The number of para-hydroxylation sites is 1. The summed E-state index contributed by atoms with van der Waals surface area (Å²) in [4.78, 5) is 12.5. The van der Waals surface area contributed by atoms with E-state index in [-0.39, 0.29) is 10.8 Å². The maximum absolute atomic E-state index is 11.9. The van der Waals surface area contributed by atoms with Crippen molar-refractivity contribution in [1.29, 1.82) is 0 Å². The van der Waals surface area contributed by atoms with Crippen LogP contribution in [-0.2, 0) is 9.84 Å². The minimum atomic E-state index is -3.36. The smallest absolute Gasteiger partial charge is 0.265 e. The van der Waals surface area contributed by atoms with Crippen molar-refractivity contribution in [3.63, 3.8) is 0 Å². The lowest BCUT2D eigenvalue weighted by Crippen LogP contribution is -2.13. The molecule has 0 saturated heterocycles. The van der Waals surface area contributed by atoms with Crippen molar-refractivity contribution in [1.82, 2.24) is 0 Å². The second kappa shape index (κ2) is 4.91. The highest BCUT2D eigenvalue weighted by molar-refractivity contribution is 7.90. The first-order chi connectivity index (χ1) is 8.48. The Labute approximate surface area is 109 Å². The molecule has 0 aliphatic heterocycles. The number of hydrogen-bond donors (Lipinski definition) is 1. The minimum absolute atomic E-state index is 0.120. The Morgan fingerprint density at radius 2 is 1.89 bits per heavy atom. The summed E-state index contributed by atoms with van der Waals surface area (Å²) in [7, 11) is -3.36. The summed E-state index contributed by atoms with van der Waals surface area (Å²) in [6.45, 7) is 0. The summed E-state index contributed by atoms with van der Waals surface area (Å²) < 4.78 is 23.1. The third kappa shape index (κ3) is 2.77. The van der Waals surface area contributed by atoms with E-state index in [1.165, 1.54) is 17.4 Å². The maximum Gasteiger partial charge on any atom is 0.265 e. The van der Waals surface area contributed by atoms with Gasteiger partial charge in [0.1, 0.15) is 0 Å². The third-order valence-corrected chi connectivity index (χ3v) is 4.30. The maximum atomic E-state index is 11.9. The van der Waals surface area contributed by atoms with Crippen molar-refractivity contribution in [2.45, 2.75) is 4.90 Å². The van der Waals surface area contributed by atoms with E-state index in [2.05, 4.69) is 5.32 Å². The first-order valence-electron chi connectivity index (χ1n) is 5.12. The third-order valence-electron chi connectivity index (χ3n) is 2.28. The Morgan fingerprint density at radius 1 is 1.17 bits per heavy atom. The topological polar surface area (TPSA) is 63.2 Å². The molecular weight excluding hydrogens is 270 g/mol. The molecule has 0 spiro atoms. The quantitative estimate of drug-likeness (QED) is 0.939. The summed E-state index contributed by atoms with van der Waals surface area (Å²) in [5, 5.41) is 4.40. The van der Waals surface area contributed by atoms with Crippen LogP contribution < -0.4 is 5.32 Å². The van der Waals surface area contributed by atoms with E-state index in [1.54, 1.807) is 35.7 Å². The van der Waals surface area contributed by atoms with Crippen LogP contribution in [0.15, 0.2) is 46.7 Å². The molecule has 1 N–H and O–H groups in total. The van der Waals surface area contributed by atoms with Crippen molar-refractivity contribution in [3.8, 4) is 0 Å². The standard InChI is InChI=1S/C12H11NO3S2/c1-18(15,16)11-7-3-2-5-9(11)13-12(14)10-6-4-8-17-10/h2-8H,1H3,(H,13,14). The molecule has 0 unspecified atom stereocenters. The second-order valence-electron chi connectivity index (χ2n) is 3.70. The first kappa shape index (κ1) is 12.8. The number of amides is 1. The Morgan fingerprint density at radius 3 is 2.50 bits per heavy atom. The molecule has 18 heavy (non-hydrogen) atoms. The molecule has 2 aromatic rings. The van der Waals surface area contributed by atoms with Gasteiger partial charge >= 0.3 is 0 Å². The van der Waals surface area contributed by atoms with Gasteiger partial charge in [-0.25, -0.2) is 8.42 Å². The van der Waals surface area contributed by atoms with Crippen LogP contribution in [0.4, 0.5) is 5.69 Å². The molecule has 0 radical (unpaired) electrons. The van der Waals surface area contributed by atoms with Gasteiger partial charge in [-0.05, 0) is 23.6 Å². The number of benzene rings is 1. The molecule has 0 atom stereocenters. The summed E-state index contributed by atoms with van der Waals surface area (Å²) in [6.07, 6.45) is 1.11. The number of sulfone groups is 1. The van der Waals surface area contributed by atoms with E-state index in [4.69, 9.17) is 0 Å². The van der Waals surface area contributed by atoms with Gasteiger partial charge in [-0.1, -0.05) is 18.2 Å². The number of rotatable bonds is 3. The van der Waals surface area contributed by atoms with Crippen LogP contribution in [0.3, 0.4) is 0 Å². The van der Waals surface area contributed by atoms with Crippen LogP contribution in [0.1, 0.15) is 9.67 Å². The van der Waals surface area contributed by atoms with Crippen molar-refractivity contribution < 1.29 is 13.2 Å². The molecule has 2 rings (SSSR count). The van der Waals surface area contributed by atoms with Crippen molar-refractivity contribution >= 4 is 32.8 Å². The molecule has 4 nitrogen and oxygen atoms in total. The van der Waals surface area contributed by atoms with Gasteiger partial charge in [-0.3, -0.25) is 4.79 Å². The molecule has 0 fully saturated rings. The molecule has 1 amide bonds. The molecule has 1 aromatic heterocycles. The second-order valence-corrected chi connectivity index (χ2v) is 6.63. The highest BCUT2D eigenvalue weighted by Crippen LogP contribution is 2.21. The lowest BCUT2D eigenvalue weighted by atomic mass is 10.3. The number of carbonyl (C=O) groups is 1. The van der Waals surface area contributed by atoms with Crippen LogP contribution in [-0.4, -0.2) is 20.6 Å². The van der Waals surface area contributed by atoms with Crippen molar-refractivity contribution in [2.24, 2.45) is 0 Å². The zero-order valence-electron chi connectivity index (χ0n) is 9.58. The van der Waals surface area contributed by atoms with Crippen molar-refractivity contribution in [2.75, 3.05) is 11.6 Å². The number of carbonyl (C=O) groups excluding carboxylic acids is 1. The highest BCUT2D eigenvalue weighted by atomic mass is 32.2. The minimum Gasteiger partial charge on any atom is -0.320 e. The highest BCUT2D eigenvalue weighted by Gasteiger charge is 2.15. The average Bonchev–Trinajstić information content (AvgIpc) is 2.81. The van der Waals surface area contributed by atoms with E-state index in [0.29, 0.717) is 10.6 Å². The molecule has 0 aliphatic carbocycles. The molecular formula is C12H11NO3S2. The molecule has 0 saturated carbocycles. The largest absolute Gasteiger partial charge is 0.320 e. The fourth-order valence-corrected chi connectivity index (χ4v) is 2.95. The fourth-order valence-electron chi connectivity index (χ4n) is 1.48. The van der Waals surface area contributed by atoms with Gasteiger partial charge < -0.3 is 5.32 Å². The molecule has 1 heterocycles. The monoisotopic (exact) mass is 281 g/mol. The van der Waals surface area contributed by atoms with Crippen LogP contribution in [0.2, 0.25) is 0 Å². The Hall–Kier alpha value is -1.66. The van der Waals surface area contributed by atoms with Crippen LogP contribution >= 0.6 is 11.3 Å². The van der Waals surface area contributed by atoms with Gasteiger partial charge in [0.05, 0.1) is 15.5 Å². The van der Waals surface area contributed by atoms with Crippen molar-refractivity contribution in [3.05, 3.63) is 46.7 Å². The molecule has 1 aromatic carbocycles. The van der Waals surface area contributed by atoms with Crippen LogP contribution in [0.25, 0.3) is 0 Å². The number of hydrogen-bond acceptors (Lipinski definition) is 4. The van der Waals surface area contributed by atoms with Gasteiger partial charge in [-0.15, -0.1) is 11.3 Å². The average molecular weight is 281 g/mol. The van der Waals surface area contributed by atoms with Gasteiger partial charge in [0.2, 0.25) is 0 Å². The van der Waals surface area contributed by atoms with Crippen LogP contribution in [0.5, 0.6) is 0 Å². The molecule has 94 valence electrons. The van der Waals surface area contributed by atoms with Crippen LogP contribution in [0, 0.1) is 0 Å². The van der Waals surface area contributed by atoms with E-state index in [0.717, 1.165) is 6.26 Å². The summed E-state index contributed by atoms with van der Waals surface area (Å²) >= 11 is 1.30. The summed E-state index contributed by atoms with van der Waals surface area (Å²) in [5.41, 5.74) is 0.304. The Balaban J connectivity index is 2.33. The summed E-state index contributed by atoms with van der Waals surface area (Å²) in [6, 6.07) is 9.79. The zero-order valence-corrected chi connectivity index (χ0v) is 11.2. The predicted molar refractivity (Wildman–Crippen MR) is 71.8 cm³/mol. The lowest BCUT2D eigenvalue weighted by Gasteiger charge is -2.08. The van der Waals surface area contributed by atoms with Gasteiger partial charge in [0.15, 0.2) is 9.84 Å². The normalized spacial score (nSPS) is 11.2. The first-order valence-corrected chi connectivity index (χ1v) is 7.89. The van der Waals surface area contributed by atoms with E-state index in [1.807, 2.05) is 0 Å². The lowest BCUT2D eigenvalue weighted by molar-refractivity contribution is 0.103. The van der Waals surface area contributed by atoms with E-state index in [9.17, 15) is 13.2 Å². The molecule has 0 aliphatic rings. The van der Waals surface area contributed by atoms with Gasteiger partial charge in [0, 0.05) is 6.26 Å². The fraction of sp³-hybridized carbons (Fsp3) is 0.0833. The van der Waals surface area contributed by atoms with Gasteiger partial charge in [0.25, 0.3) is 5.91 Å². The van der Waals surface area contributed by atoms with E-state index < -0.39 is 9.84 Å². The molecule has 6 heteroatoms.